The molecule has 2 heterocycles. The zero-order valence-electron chi connectivity index (χ0n) is 17.2. The highest BCUT2D eigenvalue weighted by molar-refractivity contribution is 8.15. The van der Waals surface area contributed by atoms with Crippen LogP contribution in [-0.4, -0.2) is 50.0 Å². The molecule has 2 aromatic rings. The molecule has 1 aromatic carbocycles. The van der Waals surface area contributed by atoms with Crippen LogP contribution in [-0.2, 0) is 5.54 Å². The number of terminal acetylenes is 1. The van der Waals surface area contributed by atoms with Crippen LogP contribution in [0.4, 0.5) is 18.9 Å². The molecule has 0 spiro atoms. The van der Waals surface area contributed by atoms with E-state index in [1.165, 1.54) is 25.3 Å². The number of aliphatic imine (C=N–C) groups is 1. The fourth-order valence-corrected chi connectivity index (χ4v) is 5.49. The van der Waals surface area contributed by atoms with Crippen LogP contribution in [0.5, 0.6) is 5.88 Å². The van der Waals surface area contributed by atoms with Gasteiger partial charge in [0.1, 0.15) is 16.3 Å². The summed E-state index contributed by atoms with van der Waals surface area (Å²) in [5.74, 6) is -3.88. The molecule has 172 valence electrons. The topological polar surface area (TPSA) is 123 Å². The molecule has 33 heavy (non-hydrogen) atoms. The van der Waals surface area contributed by atoms with E-state index in [2.05, 4.69) is 26.2 Å². The average Bonchev–Trinajstić information content (AvgIpc) is 3.29. The van der Waals surface area contributed by atoms with E-state index in [9.17, 15) is 23.1 Å². The third-order valence-electron chi connectivity index (χ3n) is 5.67. The summed E-state index contributed by atoms with van der Waals surface area (Å²) in [7, 11) is 0. The molecule has 1 aliphatic heterocycles. The molecule has 2 aliphatic rings. The number of carbonyl (C=O) groups excluding carboxylic acids is 1. The number of aliphatic hydroxyl groups excluding tert-OH is 1. The Hall–Kier alpha value is -3.30. The van der Waals surface area contributed by atoms with Crippen molar-refractivity contribution < 1.29 is 27.8 Å². The molecule has 12 heteroatoms. The summed E-state index contributed by atoms with van der Waals surface area (Å²) in [6.45, 7) is 0.472. The number of rotatable bonds is 6. The molecule has 1 saturated carbocycles. The Morgan fingerprint density at radius 2 is 2.15 bits per heavy atom. The number of alkyl halides is 2. The second-order valence-corrected chi connectivity index (χ2v) is 9.04. The number of halogens is 3. The number of carbonyl (C=O) groups is 1. The molecule has 1 fully saturated rings. The number of thioether (sulfide) groups is 1. The van der Waals surface area contributed by atoms with E-state index in [0.717, 1.165) is 12.3 Å². The highest BCUT2D eigenvalue weighted by Gasteiger charge is 2.87. The Balaban J connectivity index is 1.62. The fraction of sp³-hybridized carbons (Fsp3) is 0.333. The van der Waals surface area contributed by atoms with Gasteiger partial charge in [-0.1, -0.05) is 17.7 Å². The predicted molar refractivity (Wildman–Crippen MR) is 116 cm³/mol. The van der Waals surface area contributed by atoms with Crippen LogP contribution in [0.25, 0.3) is 0 Å². The lowest BCUT2D eigenvalue weighted by Crippen LogP contribution is -2.37. The summed E-state index contributed by atoms with van der Waals surface area (Å²) in [5.41, 5.74) is 3.88. The molecule has 1 amide bonds. The zero-order chi connectivity index (χ0) is 24.0. The molecule has 1 aliphatic carbocycles. The average molecular weight is 477 g/mol. The number of anilines is 1. The number of hydrogen-bond donors (Lipinski definition) is 3. The first-order valence-corrected chi connectivity index (χ1v) is 10.4. The molecule has 4 N–H and O–H groups in total. The third-order valence-corrected chi connectivity index (χ3v) is 6.97. The minimum Gasteiger partial charge on any atom is -0.463 e. The number of fused-ring (bicyclic) bond motifs is 1. The molecule has 3 atom stereocenters. The summed E-state index contributed by atoms with van der Waals surface area (Å²) in [5, 5.41) is 12.0. The highest BCUT2D eigenvalue weighted by atomic mass is 32.2. The van der Waals surface area contributed by atoms with Crippen molar-refractivity contribution in [3.05, 3.63) is 47.7 Å². The Morgan fingerprint density at radius 3 is 2.79 bits per heavy atom. The van der Waals surface area contributed by atoms with Crippen LogP contribution in [0, 0.1) is 24.1 Å². The summed E-state index contributed by atoms with van der Waals surface area (Å²) in [6.07, 6.45) is 7.47. The van der Waals surface area contributed by atoms with E-state index in [1.807, 2.05) is 0 Å². The van der Waals surface area contributed by atoms with Crippen molar-refractivity contribution in [3.63, 3.8) is 0 Å². The molecule has 0 saturated heterocycles. The highest BCUT2D eigenvalue weighted by Crippen LogP contribution is 2.74. The largest absolute Gasteiger partial charge is 0.463 e. The Labute approximate surface area is 190 Å². The van der Waals surface area contributed by atoms with E-state index < -0.39 is 40.5 Å². The van der Waals surface area contributed by atoms with Gasteiger partial charge in [0, 0.05) is 11.3 Å². The monoisotopic (exact) mass is 477 g/mol. The SMILES string of the molecule is C#CCOc1cnc(C(=O)Nc2ccc(F)c([C@]3(C)N=C(N)S[C@]4(CO)[C@@H]3C4(F)F)c2)cn1. The predicted octanol–water partition coefficient (Wildman–Crippen LogP) is 2.15. The lowest BCUT2D eigenvalue weighted by molar-refractivity contribution is 0.0685. The number of amidine groups is 1. The van der Waals surface area contributed by atoms with E-state index in [-0.39, 0.29) is 34.6 Å². The molecular formula is C21H18F3N5O3S. The molecule has 0 bridgehead atoms. The molecule has 0 unspecified atom stereocenters. The first-order valence-electron chi connectivity index (χ1n) is 9.62. The van der Waals surface area contributed by atoms with Crippen molar-refractivity contribution in [1.82, 2.24) is 9.97 Å². The third kappa shape index (κ3) is 3.57. The number of aromatic nitrogens is 2. The number of nitrogens with one attached hydrogen (secondary N) is 1. The number of benzene rings is 1. The van der Waals surface area contributed by atoms with Crippen molar-refractivity contribution >= 4 is 28.5 Å². The maximum atomic E-state index is 14.8. The van der Waals surface area contributed by atoms with Gasteiger partial charge in [0.2, 0.25) is 5.88 Å². The van der Waals surface area contributed by atoms with Gasteiger partial charge in [0.25, 0.3) is 11.8 Å². The molecule has 8 nitrogen and oxygen atoms in total. The first-order chi connectivity index (χ1) is 15.6. The van der Waals surface area contributed by atoms with Crippen molar-refractivity contribution in [3.8, 4) is 18.2 Å². The molecule has 1 aromatic heterocycles. The Morgan fingerprint density at radius 1 is 1.39 bits per heavy atom. The maximum absolute atomic E-state index is 14.8. The van der Waals surface area contributed by atoms with Crippen molar-refractivity contribution in [2.24, 2.45) is 16.6 Å². The summed E-state index contributed by atoms with van der Waals surface area (Å²) >= 11 is 0.590. The van der Waals surface area contributed by atoms with Gasteiger partial charge >= 0.3 is 0 Å². The standard InChI is InChI=1S/C21H18F3N5O3S/c1-3-6-32-15-9-26-14(8-27-15)16(31)28-11-4-5-13(22)12(7-11)19(2)17-20(10-30,21(17,23)24)33-18(25)29-19/h1,4-5,7-9,17,30H,6,10H2,2H3,(H2,25,29)(H,28,31)/t17-,19+,20-/m1/s1. The van der Waals surface area contributed by atoms with Crippen molar-refractivity contribution in [2.45, 2.75) is 23.1 Å². The number of amides is 1. The summed E-state index contributed by atoms with van der Waals surface area (Å²) < 4.78 is 47.5. The van der Waals surface area contributed by atoms with Gasteiger partial charge in [-0.05, 0) is 25.1 Å². The van der Waals surface area contributed by atoms with E-state index in [0.29, 0.717) is 11.8 Å². The lowest BCUT2D eigenvalue weighted by atomic mass is 9.85. The number of ether oxygens (including phenoxy) is 1. The van der Waals surface area contributed by atoms with Crippen LogP contribution in [0.1, 0.15) is 23.0 Å². The zero-order valence-corrected chi connectivity index (χ0v) is 18.0. The minimum atomic E-state index is -3.32. The van der Waals surface area contributed by atoms with Crippen molar-refractivity contribution in [1.29, 1.82) is 0 Å². The Bertz CT molecular complexity index is 1190. The van der Waals surface area contributed by atoms with Gasteiger partial charge in [-0.15, -0.1) is 6.42 Å². The number of hydrogen-bond acceptors (Lipinski definition) is 8. The normalized spacial score (nSPS) is 27.0. The van der Waals surface area contributed by atoms with Gasteiger partial charge in [-0.2, -0.15) is 0 Å². The number of aliphatic hydroxyl groups is 1. The van der Waals surface area contributed by atoms with E-state index in [1.54, 1.807) is 0 Å². The second-order valence-electron chi connectivity index (χ2n) is 7.68. The van der Waals surface area contributed by atoms with Crippen LogP contribution in [0.15, 0.2) is 35.6 Å². The number of nitrogens with zero attached hydrogens (tertiary/aromatic N) is 3. The van der Waals surface area contributed by atoms with Gasteiger partial charge in [-0.25, -0.2) is 23.1 Å². The van der Waals surface area contributed by atoms with Crippen LogP contribution >= 0.6 is 11.8 Å². The van der Waals surface area contributed by atoms with Crippen molar-refractivity contribution in [2.75, 3.05) is 18.5 Å². The summed E-state index contributed by atoms with van der Waals surface area (Å²) in [4.78, 5) is 24.5. The first kappa shape index (κ1) is 22.9. The maximum Gasteiger partial charge on any atom is 0.275 e. The van der Waals surface area contributed by atoms with E-state index >= 15 is 0 Å². The smallest absolute Gasteiger partial charge is 0.275 e. The fourth-order valence-electron chi connectivity index (χ4n) is 4.12. The molecule has 0 radical (unpaired) electrons. The van der Waals surface area contributed by atoms with Crippen LogP contribution < -0.4 is 15.8 Å². The van der Waals surface area contributed by atoms with Gasteiger partial charge in [0.15, 0.2) is 11.8 Å². The quantitative estimate of drug-likeness (QED) is 0.545. The summed E-state index contributed by atoms with van der Waals surface area (Å²) in [6, 6.07) is 3.52. The van der Waals surface area contributed by atoms with Gasteiger partial charge in [0.05, 0.1) is 30.5 Å². The Kier molecular flexibility index (Phi) is 5.50. The van der Waals surface area contributed by atoms with Gasteiger partial charge < -0.3 is 20.9 Å². The van der Waals surface area contributed by atoms with Crippen LogP contribution in [0.3, 0.4) is 0 Å². The minimum absolute atomic E-state index is 0.0134. The number of nitrogens with two attached hydrogens (primary N) is 1. The van der Waals surface area contributed by atoms with Crippen LogP contribution in [0.2, 0.25) is 0 Å². The molecular weight excluding hydrogens is 459 g/mol. The molecule has 4 rings (SSSR count). The van der Waals surface area contributed by atoms with E-state index in [4.69, 9.17) is 16.9 Å². The lowest BCUT2D eigenvalue weighted by Gasteiger charge is -2.32. The second kappa shape index (κ2) is 7.93. The van der Waals surface area contributed by atoms with Gasteiger partial charge in [-0.3, -0.25) is 9.79 Å².